The number of rotatable bonds is 7. The number of aldehydes is 1. The van der Waals surface area contributed by atoms with E-state index >= 15 is 0 Å². The Kier molecular flexibility index (Phi) is 6.13. The molecule has 2 aromatic rings. The van der Waals surface area contributed by atoms with Gasteiger partial charge in [-0.3, -0.25) is 14.4 Å². The number of methoxy groups -OCH3 is 1. The van der Waals surface area contributed by atoms with E-state index in [0.717, 1.165) is 0 Å². The number of amides is 2. The van der Waals surface area contributed by atoms with Gasteiger partial charge in [-0.15, -0.1) is 0 Å². The Hall–Kier alpha value is -2.87. The van der Waals surface area contributed by atoms with E-state index in [1.165, 1.54) is 25.3 Å². The highest BCUT2D eigenvalue weighted by Gasteiger charge is 2.12. The van der Waals surface area contributed by atoms with Gasteiger partial charge < -0.3 is 20.5 Å². The largest absolute Gasteiger partial charge is 0.493 e. The van der Waals surface area contributed by atoms with Crippen LogP contribution in [-0.4, -0.2) is 31.8 Å². The molecule has 0 radical (unpaired) electrons. The van der Waals surface area contributed by atoms with Gasteiger partial charge in [0.05, 0.1) is 7.11 Å². The molecule has 2 rings (SSSR count). The average molecular weight is 407 g/mol. The summed E-state index contributed by atoms with van der Waals surface area (Å²) in [5.41, 5.74) is 6.36. The van der Waals surface area contributed by atoms with Crippen LogP contribution in [-0.2, 0) is 4.79 Å². The van der Waals surface area contributed by atoms with Crippen LogP contribution >= 0.6 is 15.9 Å². The van der Waals surface area contributed by atoms with E-state index in [1.807, 2.05) is 0 Å². The van der Waals surface area contributed by atoms with Crippen LogP contribution in [0.15, 0.2) is 40.9 Å². The molecular weight excluding hydrogens is 392 g/mol. The molecule has 0 aromatic heterocycles. The number of benzene rings is 2. The summed E-state index contributed by atoms with van der Waals surface area (Å²) >= 11 is 3.24. The van der Waals surface area contributed by atoms with Gasteiger partial charge in [-0.05, 0) is 52.3 Å². The van der Waals surface area contributed by atoms with Crippen LogP contribution in [0.5, 0.6) is 11.5 Å². The van der Waals surface area contributed by atoms with Crippen LogP contribution in [0.1, 0.15) is 20.7 Å². The van der Waals surface area contributed by atoms with Gasteiger partial charge in [-0.25, -0.2) is 0 Å². The first-order valence-electron chi connectivity index (χ1n) is 7.10. The molecule has 0 atom stereocenters. The third-order valence-electron chi connectivity index (χ3n) is 3.22. The van der Waals surface area contributed by atoms with Crippen molar-refractivity contribution in [1.82, 2.24) is 0 Å². The van der Waals surface area contributed by atoms with E-state index in [1.54, 1.807) is 18.2 Å². The first kappa shape index (κ1) is 18.5. The van der Waals surface area contributed by atoms with Gasteiger partial charge in [0.2, 0.25) is 5.91 Å². The Labute approximate surface area is 152 Å². The smallest absolute Gasteiger partial charge is 0.262 e. The molecule has 0 aliphatic heterocycles. The predicted molar refractivity (Wildman–Crippen MR) is 95.2 cm³/mol. The fourth-order valence-electron chi connectivity index (χ4n) is 1.97. The molecule has 0 aliphatic carbocycles. The molecule has 2 amide bonds. The number of hydrogen-bond donors (Lipinski definition) is 2. The molecule has 0 aliphatic rings. The van der Waals surface area contributed by atoms with Crippen molar-refractivity contribution in [2.75, 3.05) is 19.0 Å². The summed E-state index contributed by atoms with van der Waals surface area (Å²) in [6.45, 7) is -0.284. The van der Waals surface area contributed by atoms with E-state index in [9.17, 15) is 14.4 Å². The van der Waals surface area contributed by atoms with Crippen molar-refractivity contribution in [2.24, 2.45) is 5.73 Å². The molecule has 0 fully saturated rings. The van der Waals surface area contributed by atoms with Gasteiger partial charge in [0.1, 0.15) is 0 Å². The Bertz CT molecular complexity index is 805. The monoisotopic (exact) mass is 406 g/mol. The SMILES string of the molecule is COc1cc(Br)c(C=O)cc1OCC(=O)Nc1ccc(C(N)=O)cc1. The maximum Gasteiger partial charge on any atom is 0.262 e. The second-order valence-corrected chi connectivity index (χ2v) is 5.78. The number of ether oxygens (including phenoxy) is 2. The number of primary amides is 1. The van der Waals surface area contributed by atoms with Crippen molar-refractivity contribution in [3.63, 3.8) is 0 Å². The van der Waals surface area contributed by atoms with E-state index in [4.69, 9.17) is 15.2 Å². The molecule has 8 heteroatoms. The van der Waals surface area contributed by atoms with E-state index < -0.39 is 11.8 Å². The normalized spacial score (nSPS) is 10.0. The van der Waals surface area contributed by atoms with E-state index in [0.29, 0.717) is 33.3 Å². The minimum Gasteiger partial charge on any atom is -0.493 e. The van der Waals surface area contributed by atoms with Crippen molar-refractivity contribution in [2.45, 2.75) is 0 Å². The minimum absolute atomic E-state index is 0.270. The Morgan fingerprint density at radius 1 is 1.20 bits per heavy atom. The zero-order chi connectivity index (χ0) is 18.4. The maximum absolute atomic E-state index is 12.0. The van der Waals surface area contributed by atoms with Gasteiger partial charge in [0.25, 0.3) is 5.91 Å². The highest BCUT2D eigenvalue weighted by molar-refractivity contribution is 9.10. The Morgan fingerprint density at radius 3 is 2.44 bits per heavy atom. The zero-order valence-electron chi connectivity index (χ0n) is 13.2. The first-order valence-corrected chi connectivity index (χ1v) is 7.89. The van der Waals surface area contributed by atoms with Crippen LogP contribution in [0.2, 0.25) is 0 Å². The molecule has 0 saturated heterocycles. The van der Waals surface area contributed by atoms with E-state index in [-0.39, 0.29) is 12.4 Å². The summed E-state index contributed by atoms with van der Waals surface area (Å²) in [6, 6.07) is 9.19. The van der Waals surface area contributed by atoms with Gasteiger partial charge in [0, 0.05) is 21.3 Å². The van der Waals surface area contributed by atoms with Crippen LogP contribution < -0.4 is 20.5 Å². The fourth-order valence-corrected chi connectivity index (χ4v) is 2.39. The van der Waals surface area contributed by atoms with Crippen molar-refractivity contribution < 1.29 is 23.9 Å². The average Bonchev–Trinajstić information content (AvgIpc) is 2.60. The molecule has 0 unspecified atom stereocenters. The van der Waals surface area contributed by atoms with Gasteiger partial charge in [0.15, 0.2) is 24.4 Å². The first-order chi connectivity index (χ1) is 11.9. The maximum atomic E-state index is 12.0. The molecule has 0 spiro atoms. The lowest BCUT2D eigenvalue weighted by molar-refractivity contribution is -0.118. The van der Waals surface area contributed by atoms with Crippen LogP contribution in [0.25, 0.3) is 0 Å². The van der Waals surface area contributed by atoms with Crippen LogP contribution in [0.4, 0.5) is 5.69 Å². The standard InChI is InChI=1S/C17H15BrN2O5/c1-24-14-7-13(18)11(8-21)6-15(14)25-9-16(22)20-12-4-2-10(3-5-12)17(19)23/h2-8H,9H2,1H3,(H2,19,23)(H,20,22). The number of carbonyl (C=O) groups excluding carboxylic acids is 3. The molecule has 0 heterocycles. The number of hydrogen-bond acceptors (Lipinski definition) is 5. The van der Waals surface area contributed by atoms with Crippen molar-refractivity contribution >= 4 is 39.7 Å². The molecule has 130 valence electrons. The fraction of sp³-hybridized carbons (Fsp3) is 0.118. The van der Waals surface area contributed by atoms with Gasteiger partial charge in [-0.2, -0.15) is 0 Å². The molecule has 25 heavy (non-hydrogen) atoms. The predicted octanol–water partition coefficient (Wildman–Crippen LogP) is 2.39. The quantitative estimate of drug-likeness (QED) is 0.686. The molecule has 0 saturated carbocycles. The lowest BCUT2D eigenvalue weighted by atomic mass is 10.2. The number of nitrogens with one attached hydrogen (secondary N) is 1. The lowest BCUT2D eigenvalue weighted by Crippen LogP contribution is -2.20. The van der Waals surface area contributed by atoms with Crippen molar-refractivity contribution in [3.8, 4) is 11.5 Å². The summed E-state index contributed by atoms with van der Waals surface area (Å²) in [5.74, 6) is -0.304. The van der Waals surface area contributed by atoms with Gasteiger partial charge >= 0.3 is 0 Å². The summed E-state index contributed by atoms with van der Waals surface area (Å²) in [7, 11) is 1.45. The van der Waals surface area contributed by atoms with Crippen molar-refractivity contribution in [3.05, 3.63) is 52.0 Å². The third kappa shape index (κ3) is 4.80. The van der Waals surface area contributed by atoms with E-state index in [2.05, 4.69) is 21.2 Å². The molecule has 7 nitrogen and oxygen atoms in total. The van der Waals surface area contributed by atoms with Crippen LogP contribution in [0.3, 0.4) is 0 Å². The molecule has 0 bridgehead atoms. The Morgan fingerprint density at radius 2 is 1.88 bits per heavy atom. The summed E-state index contributed by atoms with van der Waals surface area (Å²) in [4.78, 5) is 34.0. The number of nitrogens with two attached hydrogens (primary N) is 1. The summed E-state index contributed by atoms with van der Waals surface area (Å²) in [5, 5.41) is 2.62. The number of halogens is 1. The highest BCUT2D eigenvalue weighted by Crippen LogP contribution is 2.32. The molecule has 2 aromatic carbocycles. The topological polar surface area (TPSA) is 108 Å². The molecular formula is C17H15BrN2O5. The highest BCUT2D eigenvalue weighted by atomic mass is 79.9. The Balaban J connectivity index is 2.02. The summed E-state index contributed by atoms with van der Waals surface area (Å²) in [6.07, 6.45) is 0.663. The zero-order valence-corrected chi connectivity index (χ0v) is 14.8. The minimum atomic E-state index is -0.547. The van der Waals surface area contributed by atoms with Crippen molar-refractivity contribution in [1.29, 1.82) is 0 Å². The number of anilines is 1. The van der Waals surface area contributed by atoms with Gasteiger partial charge in [-0.1, -0.05) is 0 Å². The third-order valence-corrected chi connectivity index (χ3v) is 3.91. The lowest BCUT2D eigenvalue weighted by Gasteiger charge is -2.12. The number of carbonyl (C=O) groups is 3. The summed E-state index contributed by atoms with van der Waals surface area (Å²) < 4.78 is 11.2. The second kappa shape index (κ2) is 8.29. The second-order valence-electron chi connectivity index (χ2n) is 4.92. The van der Waals surface area contributed by atoms with Crippen LogP contribution in [0, 0.1) is 0 Å². The molecule has 3 N–H and O–H groups in total.